The van der Waals surface area contributed by atoms with Gasteiger partial charge in [0.1, 0.15) is 17.2 Å². The molecule has 0 aliphatic rings. The second-order valence-corrected chi connectivity index (χ2v) is 5.36. The number of anilines is 1. The predicted molar refractivity (Wildman–Crippen MR) is 81.9 cm³/mol. The number of halogens is 3. The summed E-state index contributed by atoms with van der Waals surface area (Å²) in [6.45, 7) is 3.57. The highest BCUT2D eigenvalue weighted by atomic mass is 19.4. The third kappa shape index (κ3) is 2.94. The Bertz CT molecular complexity index is 913. The van der Waals surface area contributed by atoms with E-state index in [2.05, 4.69) is 15.3 Å². The molecule has 0 saturated heterocycles. The Labute approximate surface area is 135 Å². The number of nitrogens with zero attached hydrogens (tertiary/aromatic N) is 3. The van der Waals surface area contributed by atoms with Gasteiger partial charge in [0, 0.05) is 12.4 Å². The first kappa shape index (κ1) is 16.0. The summed E-state index contributed by atoms with van der Waals surface area (Å²) in [5.74, 6) is -0.451. The summed E-state index contributed by atoms with van der Waals surface area (Å²) in [4.78, 5) is 20.4. The van der Waals surface area contributed by atoms with Crippen molar-refractivity contribution < 1.29 is 18.0 Å². The molecular formula is C16H13F3N4O. The zero-order chi connectivity index (χ0) is 17.5. The second kappa shape index (κ2) is 5.63. The Morgan fingerprint density at radius 2 is 1.92 bits per heavy atom. The number of amides is 1. The molecule has 3 rings (SSSR count). The van der Waals surface area contributed by atoms with Gasteiger partial charge in [-0.3, -0.25) is 9.20 Å². The van der Waals surface area contributed by atoms with E-state index >= 15 is 0 Å². The van der Waals surface area contributed by atoms with Crippen LogP contribution in [-0.4, -0.2) is 20.3 Å². The number of nitrogens with one attached hydrogen (secondary N) is 1. The number of carbonyl (C=O) groups excluding carboxylic acids is 1. The van der Waals surface area contributed by atoms with E-state index in [1.807, 2.05) is 13.0 Å². The Morgan fingerprint density at radius 3 is 2.54 bits per heavy atom. The van der Waals surface area contributed by atoms with Gasteiger partial charge < -0.3 is 5.32 Å². The Kier molecular flexibility index (Phi) is 3.75. The molecule has 0 radical (unpaired) electrons. The average molecular weight is 334 g/mol. The molecule has 0 fully saturated rings. The van der Waals surface area contributed by atoms with Crippen molar-refractivity contribution in [1.82, 2.24) is 14.4 Å². The van der Waals surface area contributed by atoms with Crippen molar-refractivity contribution in [3.63, 3.8) is 0 Å². The lowest BCUT2D eigenvalue weighted by molar-refractivity contribution is -0.137. The molecule has 3 aromatic heterocycles. The third-order valence-corrected chi connectivity index (χ3v) is 3.49. The molecule has 0 aliphatic heterocycles. The van der Waals surface area contributed by atoms with E-state index in [0.717, 1.165) is 17.7 Å². The Balaban J connectivity index is 1.90. The van der Waals surface area contributed by atoms with E-state index in [1.54, 1.807) is 23.6 Å². The van der Waals surface area contributed by atoms with Crippen LogP contribution in [0.5, 0.6) is 0 Å². The maximum absolute atomic E-state index is 12.5. The van der Waals surface area contributed by atoms with E-state index in [0.29, 0.717) is 23.2 Å². The number of fused-ring (bicyclic) bond motifs is 1. The molecule has 3 heterocycles. The molecule has 0 aliphatic carbocycles. The molecule has 0 spiro atoms. The van der Waals surface area contributed by atoms with E-state index in [1.165, 1.54) is 0 Å². The molecule has 0 unspecified atom stereocenters. The summed E-state index contributed by atoms with van der Waals surface area (Å²) >= 11 is 0. The number of alkyl halides is 3. The zero-order valence-corrected chi connectivity index (χ0v) is 12.8. The van der Waals surface area contributed by atoms with Gasteiger partial charge in [-0.25, -0.2) is 9.97 Å². The van der Waals surface area contributed by atoms with Crippen LogP contribution in [-0.2, 0) is 6.18 Å². The third-order valence-electron chi connectivity index (χ3n) is 3.49. The van der Waals surface area contributed by atoms with Gasteiger partial charge in [0.15, 0.2) is 0 Å². The minimum atomic E-state index is -4.47. The van der Waals surface area contributed by atoms with E-state index in [4.69, 9.17) is 0 Å². The van der Waals surface area contributed by atoms with Crippen molar-refractivity contribution in [3.8, 4) is 0 Å². The van der Waals surface area contributed by atoms with Gasteiger partial charge in [0.05, 0.1) is 11.3 Å². The Morgan fingerprint density at radius 1 is 1.17 bits per heavy atom. The zero-order valence-electron chi connectivity index (χ0n) is 12.8. The van der Waals surface area contributed by atoms with Crippen molar-refractivity contribution in [2.75, 3.05) is 5.32 Å². The fourth-order valence-electron chi connectivity index (χ4n) is 2.35. The lowest BCUT2D eigenvalue weighted by atomic mass is 10.2. The highest BCUT2D eigenvalue weighted by Crippen LogP contribution is 2.29. The molecule has 1 amide bonds. The van der Waals surface area contributed by atoms with Crippen LogP contribution >= 0.6 is 0 Å². The standard InChI is InChI=1S/C16H13F3N4O/c1-9-3-6-13-21-10(2)14(23(13)8-9)15(24)22-12-5-4-11(7-20-12)16(17,18)19/h3-8H,1-2H3,(H,20,22,24). The molecule has 0 bridgehead atoms. The van der Waals surface area contributed by atoms with E-state index in [-0.39, 0.29) is 5.82 Å². The summed E-state index contributed by atoms with van der Waals surface area (Å²) in [5.41, 5.74) is 1.52. The fourth-order valence-corrected chi connectivity index (χ4v) is 2.35. The van der Waals surface area contributed by atoms with Crippen molar-refractivity contribution in [2.24, 2.45) is 0 Å². The number of aromatic nitrogens is 3. The fraction of sp³-hybridized carbons (Fsp3) is 0.188. The SMILES string of the molecule is Cc1ccc2nc(C)c(C(=O)Nc3ccc(C(F)(F)F)cn3)n2c1. The van der Waals surface area contributed by atoms with Crippen LogP contribution in [0.15, 0.2) is 36.7 Å². The number of imidazole rings is 1. The van der Waals surface area contributed by atoms with Crippen LogP contribution < -0.4 is 5.32 Å². The molecule has 3 aromatic rings. The number of aryl methyl sites for hydroxylation is 2. The van der Waals surface area contributed by atoms with Crippen molar-refractivity contribution in [1.29, 1.82) is 0 Å². The summed E-state index contributed by atoms with van der Waals surface area (Å²) in [6, 6.07) is 5.65. The van der Waals surface area contributed by atoms with Gasteiger partial charge in [-0.1, -0.05) is 6.07 Å². The van der Waals surface area contributed by atoms with Crippen molar-refractivity contribution >= 4 is 17.4 Å². The average Bonchev–Trinajstić information content (AvgIpc) is 2.82. The van der Waals surface area contributed by atoms with Crippen LogP contribution in [0.1, 0.15) is 27.3 Å². The number of pyridine rings is 2. The first-order valence-corrected chi connectivity index (χ1v) is 7.05. The highest BCUT2D eigenvalue weighted by Gasteiger charge is 2.30. The van der Waals surface area contributed by atoms with Gasteiger partial charge in [0.25, 0.3) is 5.91 Å². The van der Waals surface area contributed by atoms with Gasteiger partial charge in [-0.2, -0.15) is 13.2 Å². The monoisotopic (exact) mass is 334 g/mol. The quantitative estimate of drug-likeness (QED) is 0.779. The Hall–Kier alpha value is -2.90. The summed E-state index contributed by atoms with van der Waals surface area (Å²) in [7, 11) is 0. The van der Waals surface area contributed by atoms with Gasteiger partial charge >= 0.3 is 6.18 Å². The second-order valence-electron chi connectivity index (χ2n) is 5.36. The minimum absolute atomic E-state index is 0.0370. The molecule has 0 aromatic carbocycles. The van der Waals surface area contributed by atoms with Crippen LogP contribution in [0.4, 0.5) is 19.0 Å². The lowest BCUT2D eigenvalue weighted by Crippen LogP contribution is -2.17. The van der Waals surface area contributed by atoms with Crippen LogP contribution in [0.2, 0.25) is 0 Å². The molecule has 5 nitrogen and oxygen atoms in total. The maximum Gasteiger partial charge on any atom is 0.417 e. The molecule has 0 saturated carbocycles. The van der Waals surface area contributed by atoms with E-state index in [9.17, 15) is 18.0 Å². The largest absolute Gasteiger partial charge is 0.417 e. The van der Waals surface area contributed by atoms with Gasteiger partial charge in [-0.15, -0.1) is 0 Å². The molecule has 124 valence electrons. The van der Waals surface area contributed by atoms with Gasteiger partial charge in [0.2, 0.25) is 0 Å². The van der Waals surface area contributed by atoms with Crippen LogP contribution in [0.25, 0.3) is 5.65 Å². The first-order chi connectivity index (χ1) is 11.3. The predicted octanol–water partition coefficient (Wildman–Crippen LogP) is 3.62. The normalized spacial score (nSPS) is 11.7. The molecular weight excluding hydrogens is 321 g/mol. The molecule has 8 heteroatoms. The lowest BCUT2D eigenvalue weighted by Gasteiger charge is -2.08. The number of rotatable bonds is 2. The summed E-state index contributed by atoms with van der Waals surface area (Å²) in [6.07, 6.45) is -2.02. The van der Waals surface area contributed by atoms with Gasteiger partial charge in [-0.05, 0) is 37.6 Å². The molecule has 0 atom stereocenters. The maximum atomic E-state index is 12.5. The van der Waals surface area contributed by atoms with Crippen LogP contribution in [0.3, 0.4) is 0 Å². The highest BCUT2D eigenvalue weighted by molar-refractivity contribution is 6.04. The smallest absolute Gasteiger partial charge is 0.305 e. The van der Waals surface area contributed by atoms with Crippen molar-refractivity contribution in [3.05, 3.63) is 59.2 Å². The van der Waals surface area contributed by atoms with Crippen molar-refractivity contribution in [2.45, 2.75) is 20.0 Å². The molecule has 24 heavy (non-hydrogen) atoms. The minimum Gasteiger partial charge on any atom is -0.305 e. The van der Waals surface area contributed by atoms with E-state index < -0.39 is 17.6 Å². The first-order valence-electron chi connectivity index (χ1n) is 7.05. The summed E-state index contributed by atoms with van der Waals surface area (Å²) < 4.78 is 39.2. The molecule has 1 N–H and O–H groups in total. The summed E-state index contributed by atoms with van der Waals surface area (Å²) in [5, 5.41) is 2.50. The number of hydrogen-bond donors (Lipinski definition) is 1. The number of hydrogen-bond acceptors (Lipinski definition) is 3. The number of carbonyl (C=O) groups is 1. The van der Waals surface area contributed by atoms with Crippen LogP contribution in [0, 0.1) is 13.8 Å². The topological polar surface area (TPSA) is 59.3 Å².